The molecule has 1 N–H and O–H groups in total. The first-order valence-electron chi connectivity index (χ1n) is 6.94. The molecule has 0 unspecified atom stereocenters. The highest BCUT2D eigenvalue weighted by Crippen LogP contribution is 2.30. The first kappa shape index (κ1) is 14.0. The lowest BCUT2D eigenvalue weighted by molar-refractivity contribution is 0.0699. The Balaban J connectivity index is 2.00. The van der Waals surface area contributed by atoms with E-state index in [1.54, 1.807) is 18.2 Å². The van der Waals surface area contributed by atoms with E-state index in [4.69, 9.17) is 4.42 Å². The molecule has 0 amide bonds. The summed E-state index contributed by atoms with van der Waals surface area (Å²) in [5.41, 5.74) is 2.07. The van der Waals surface area contributed by atoms with E-state index >= 15 is 0 Å². The van der Waals surface area contributed by atoms with Crippen LogP contribution in [0.1, 0.15) is 10.4 Å². The van der Waals surface area contributed by atoms with Crippen LogP contribution in [0.4, 0.5) is 0 Å². The van der Waals surface area contributed by atoms with Gasteiger partial charge < -0.3 is 9.52 Å². The molecule has 0 saturated heterocycles. The Bertz CT molecular complexity index is 1040. The van der Waals surface area contributed by atoms with Gasteiger partial charge in [-0.25, -0.2) is 9.78 Å². The Kier molecular flexibility index (Phi) is 3.16. The van der Waals surface area contributed by atoms with Crippen LogP contribution in [0, 0.1) is 0 Å². The third-order valence-electron chi connectivity index (χ3n) is 3.68. The Morgan fingerprint density at radius 1 is 1.09 bits per heavy atom. The number of pyridine rings is 1. The van der Waals surface area contributed by atoms with E-state index < -0.39 is 5.97 Å². The van der Waals surface area contributed by atoms with E-state index in [1.165, 1.54) is 0 Å². The molecule has 0 fully saturated rings. The maximum Gasteiger partial charge on any atom is 0.336 e. The number of para-hydroxylation sites is 1. The van der Waals surface area contributed by atoms with Gasteiger partial charge in [0.05, 0.1) is 11.1 Å². The van der Waals surface area contributed by atoms with Crippen molar-refractivity contribution in [2.75, 3.05) is 0 Å². The quantitative estimate of drug-likeness (QED) is 0.534. The molecular formula is C18H10BrNO3. The Labute approximate surface area is 139 Å². The van der Waals surface area contributed by atoms with Gasteiger partial charge in [0.1, 0.15) is 11.3 Å². The van der Waals surface area contributed by atoms with Gasteiger partial charge in [-0.3, -0.25) is 0 Å². The minimum Gasteiger partial charge on any atom is -0.478 e. The number of furan rings is 1. The average molecular weight is 368 g/mol. The molecular weight excluding hydrogens is 358 g/mol. The molecule has 2 heterocycles. The highest BCUT2D eigenvalue weighted by molar-refractivity contribution is 9.10. The average Bonchev–Trinajstić information content (AvgIpc) is 2.97. The van der Waals surface area contributed by atoms with Crippen LogP contribution in [0.2, 0.25) is 0 Å². The molecule has 0 bridgehead atoms. The van der Waals surface area contributed by atoms with Gasteiger partial charge in [-0.1, -0.05) is 34.1 Å². The molecule has 0 spiro atoms. The fourth-order valence-electron chi connectivity index (χ4n) is 2.61. The molecule has 112 valence electrons. The largest absolute Gasteiger partial charge is 0.478 e. The lowest BCUT2D eigenvalue weighted by Gasteiger charge is -2.05. The van der Waals surface area contributed by atoms with E-state index in [-0.39, 0.29) is 5.56 Å². The van der Waals surface area contributed by atoms with E-state index in [0.29, 0.717) is 22.4 Å². The maximum atomic E-state index is 11.6. The normalized spacial score (nSPS) is 11.2. The highest BCUT2D eigenvalue weighted by atomic mass is 79.9. The molecule has 4 nitrogen and oxygen atoms in total. The molecule has 0 saturated carbocycles. The standard InChI is InChI=1S/C18H10BrNO3/c19-11-5-6-14-12(8-11)13(18(21)22)9-15(20-14)17-7-10-3-1-2-4-16(10)23-17/h1-9H,(H,21,22). The zero-order chi connectivity index (χ0) is 16.0. The number of hydrogen-bond donors (Lipinski definition) is 1. The van der Waals surface area contributed by atoms with E-state index in [0.717, 1.165) is 15.4 Å². The van der Waals surface area contributed by atoms with Crippen molar-refractivity contribution in [1.82, 2.24) is 4.98 Å². The predicted octanol–water partition coefficient (Wildman–Crippen LogP) is 5.11. The first-order chi connectivity index (χ1) is 11.1. The van der Waals surface area contributed by atoms with Crippen LogP contribution in [-0.2, 0) is 0 Å². The number of carboxylic acids is 1. The van der Waals surface area contributed by atoms with E-state index in [2.05, 4.69) is 20.9 Å². The third kappa shape index (κ3) is 2.39. The number of hydrogen-bond acceptors (Lipinski definition) is 3. The number of aromatic nitrogens is 1. The van der Waals surface area contributed by atoms with Crippen LogP contribution < -0.4 is 0 Å². The summed E-state index contributed by atoms with van der Waals surface area (Å²) < 4.78 is 6.61. The Morgan fingerprint density at radius 3 is 2.70 bits per heavy atom. The zero-order valence-electron chi connectivity index (χ0n) is 11.8. The number of fused-ring (bicyclic) bond motifs is 2. The number of aromatic carboxylic acids is 1. The summed E-state index contributed by atoms with van der Waals surface area (Å²) in [6, 6.07) is 16.4. The van der Waals surface area contributed by atoms with Gasteiger partial charge in [0, 0.05) is 15.2 Å². The molecule has 4 rings (SSSR count). The van der Waals surface area contributed by atoms with Crippen molar-refractivity contribution in [3.8, 4) is 11.5 Å². The zero-order valence-corrected chi connectivity index (χ0v) is 13.4. The molecule has 0 atom stereocenters. The van der Waals surface area contributed by atoms with Crippen LogP contribution >= 0.6 is 15.9 Å². The van der Waals surface area contributed by atoms with Gasteiger partial charge in [-0.2, -0.15) is 0 Å². The minimum absolute atomic E-state index is 0.201. The number of halogens is 1. The van der Waals surface area contributed by atoms with Crippen LogP contribution in [0.15, 0.2) is 63.5 Å². The third-order valence-corrected chi connectivity index (χ3v) is 4.17. The molecule has 4 aromatic rings. The molecule has 2 aromatic heterocycles. The molecule has 0 radical (unpaired) electrons. The number of carboxylic acid groups (broad SMARTS) is 1. The summed E-state index contributed by atoms with van der Waals surface area (Å²) in [4.78, 5) is 16.2. The summed E-state index contributed by atoms with van der Waals surface area (Å²) >= 11 is 3.36. The second-order valence-electron chi connectivity index (χ2n) is 5.17. The molecule has 0 aliphatic carbocycles. The summed E-state index contributed by atoms with van der Waals surface area (Å²) in [5, 5.41) is 11.1. The van der Waals surface area contributed by atoms with Gasteiger partial charge in [-0.15, -0.1) is 0 Å². The van der Waals surface area contributed by atoms with Crippen LogP contribution in [-0.4, -0.2) is 16.1 Å². The van der Waals surface area contributed by atoms with Crippen molar-refractivity contribution in [1.29, 1.82) is 0 Å². The van der Waals surface area contributed by atoms with Crippen molar-refractivity contribution in [2.45, 2.75) is 0 Å². The van der Waals surface area contributed by atoms with Gasteiger partial charge >= 0.3 is 5.97 Å². The van der Waals surface area contributed by atoms with Gasteiger partial charge in [-0.05, 0) is 36.4 Å². The summed E-state index contributed by atoms with van der Waals surface area (Å²) in [7, 11) is 0. The Morgan fingerprint density at radius 2 is 1.91 bits per heavy atom. The number of carbonyl (C=O) groups is 1. The molecule has 5 heteroatoms. The number of nitrogens with zero attached hydrogens (tertiary/aromatic N) is 1. The highest BCUT2D eigenvalue weighted by Gasteiger charge is 2.15. The second kappa shape index (κ2) is 5.21. The SMILES string of the molecule is O=C(O)c1cc(-c2cc3ccccc3o2)nc2ccc(Br)cc12. The fraction of sp³-hybridized carbons (Fsp3) is 0. The Hall–Kier alpha value is -2.66. The molecule has 0 aliphatic rings. The van der Waals surface area contributed by atoms with Crippen LogP contribution in [0.25, 0.3) is 33.3 Å². The van der Waals surface area contributed by atoms with Crippen molar-refractivity contribution >= 4 is 43.8 Å². The monoisotopic (exact) mass is 367 g/mol. The van der Waals surface area contributed by atoms with Crippen molar-refractivity contribution in [2.24, 2.45) is 0 Å². The van der Waals surface area contributed by atoms with E-state index in [9.17, 15) is 9.90 Å². The van der Waals surface area contributed by atoms with E-state index in [1.807, 2.05) is 36.4 Å². The topological polar surface area (TPSA) is 63.3 Å². The second-order valence-corrected chi connectivity index (χ2v) is 6.09. The van der Waals surface area contributed by atoms with Crippen molar-refractivity contribution < 1.29 is 14.3 Å². The first-order valence-corrected chi connectivity index (χ1v) is 7.74. The summed E-state index contributed by atoms with van der Waals surface area (Å²) in [6.45, 7) is 0. The van der Waals surface area contributed by atoms with Crippen LogP contribution in [0.3, 0.4) is 0 Å². The number of benzene rings is 2. The van der Waals surface area contributed by atoms with Crippen molar-refractivity contribution in [3.05, 3.63) is 64.6 Å². The summed E-state index contributed by atoms with van der Waals surface area (Å²) in [5.74, 6) is -0.439. The fourth-order valence-corrected chi connectivity index (χ4v) is 2.97. The lowest BCUT2D eigenvalue weighted by atomic mass is 10.1. The molecule has 23 heavy (non-hydrogen) atoms. The predicted molar refractivity (Wildman–Crippen MR) is 91.6 cm³/mol. The minimum atomic E-state index is -0.993. The summed E-state index contributed by atoms with van der Waals surface area (Å²) in [6.07, 6.45) is 0. The molecule has 2 aromatic carbocycles. The van der Waals surface area contributed by atoms with Gasteiger partial charge in [0.2, 0.25) is 0 Å². The van der Waals surface area contributed by atoms with Crippen LogP contribution in [0.5, 0.6) is 0 Å². The number of rotatable bonds is 2. The lowest BCUT2D eigenvalue weighted by Crippen LogP contribution is -2.00. The molecule has 0 aliphatic heterocycles. The van der Waals surface area contributed by atoms with Crippen molar-refractivity contribution in [3.63, 3.8) is 0 Å². The van der Waals surface area contributed by atoms with Gasteiger partial charge in [0.25, 0.3) is 0 Å². The van der Waals surface area contributed by atoms with Gasteiger partial charge in [0.15, 0.2) is 5.76 Å². The smallest absolute Gasteiger partial charge is 0.336 e. The maximum absolute atomic E-state index is 11.6.